The van der Waals surface area contributed by atoms with E-state index in [-0.39, 0.29) is 6.03 Å². The SMILES string of the molecule is COc1cccc(-c2ccc3c(NC(=O)N4CC(C)CC(C)C4)n[nH]c3c2)c1. The van der Waals surface area contributed by atoms with Crippen molar-refractivity contribution in [3.8, 4) is 16.9 Å². The van der Waals surface area contributed by atoms with Gasteiger partial charge in [-0.05, 0) is 53.6 Å². The van der Waals surface area contributed by atoms with Crippen LogP contribution in [0.2, 0.25) is 0 Å². The minimum Gasteiger partial charge on any atom is -0.497 e. The van der Waals surface area contributed by atoms with Gasteiger partial charge in [0.1, 0.15) is 5.75 Å². The van der Waals surface area contributed by atoms with Gasteiger partial charge in [-0.25, -0.2) is 4.79 Å². The number of nitrogens with zero attached hydrogens (tertiary/aromatic N) is 2. The molecule has 4 rings (SSSR count). The molecular weight excluding hydrogens is 352 g/mol. The number of piperidine rings is 1. The molecule has 1 aromatic heterocycles. The van der Waals surface area contributed by atoms with Crippen molar-refractivity contribution in [3.05, 3.63) is 42.5 Å². The lowest BCUT2D eigenvalue weighted by molar-refractivity contribution is 0.156. The molecule has 1 fully saturated rings. The summed E-state index contributed by atoms with van der Waals surface area (Å²) >= 11 is 0. The van der Waals surface area contributed by atoms with Gasteiger partial charge in [-0.3, -0.25) is 10.4 Å². The van der Waals surface area contributed by atoms with Crippen LogP contribution in [0.25, 0.3) is 22.0 Å². The van der Waals surface area contributed by atoms with E-state index in [4.69, 9.17) is 4.74 Å². The monoisotopic (exact) mass is 378 g/mol. The highest BCUT2D eigenvalue weighted by molar-refractivity contribution is 6.00. The molecule has 0 saturated carbocycles. The average Bonchev–Trinajstić information content (AvgIpc) is 3.09. The third kappa shape index (κ3) is 3.67. The molecule has 2 amide bonds. The van der Waals surface area contributed by atoms with E-state index in [2.05, 4.69) is 29.4 Å². The topological polar surface area (TPSA) is 70.2 Å². The third-order valence-corrected chi connectivity index (χ3v) is 5.35. The summed E-state index contributed by atoms with van der Waals surface area (Å²) in [4.78, 5) is 14.6. The summed E-state index contributed by atoms with van der Waals surface area (Å²) in [6.45, 7) is 5.97. The number of carbonyl (C=O) groups is 1. The van der Waals surface area contributed by atoms with Crippen LogP contribution in [0.3, 0.4) is 0 Å². The largest absolute Gasteiger partial charge is 0.497 e. The van der Waals surface area contributed by atoms with E-state index in [9.17, 15) is 4.79 Å². The van der Waals surface area contributed by atoms with Gasteiger partial charge < -0.3 is 9.64 Å². The maximum absolute atomic E-state index is 12.7. The number of hydrogen-bond acceptors (Lipinski definition) is 3. The van der Waals surface area contributed by atoms with Crippen LogP contribution >= 0.6 is 0 Å². The van der Waals surface area contributed by atoms with Crippen LogP contribution < -0.4 is 10.1 Å². The second-order valence-corrected chi connectivity index (χ2v) is 7.85. The van der Waals surface area contributed by atoms with E-state index >= 15 is 0 Å². The summed E-state index contributed by atoms with van der Waals surface area (Å²) in [5.41, 5.74) is 3.01. The number of amides is 2. The van der Waals surface area contributed by atoms with Crippen LogP contribution in [0.5, 0.6) is 5.75 Å². The van der Waals surface area contributed by atoms with Crippen molar-refractivity contribution in [2.45, 2.75) is 20.3 Å². The van der Waals surface area contributed by atoms with E-state index in [0.29, 0.717) is 17.7 Å². The van der Waals surface area contributed by atoms with Crippen LogP contribution in [0, 0.1) is 11.8 Å². The predicted molar refractivity (Wildman–Crippen MR) is 112 cm³/mol. The van der Waals surface area contributed by atoms with Crippen molar-refractivity contribution < 1.29 is 9.53 Å². The van der Waals surface area contributed by atoms with E-state index < -0.39 is 0 Å². The van der Waals surface area contributed by atoms with E-state index in [1.54, 1.807) is 7.11 Å². The van der Waals surface area contributed by atoms with Crippen LogP contribution in [0.4, 0.5) is 10.6 Å². The zero-order chi connectivity index (χ0) is 19.7. The Balaban J connectivity index is 1.55. The molecule has 2 unspecified atom stereocenters. The number of ether oxygens (including phenoxy) is 1. The molecule has 3 aromatic rings. The first-order valence-corrected chi connectivity index (χ1v) is 9.72. The second kappa shape index (κ2) is 7.54. The average molecular weight is 378 g/mol. The number of likely N-dealkylation sites (tertiary alicyclic amines) is 1. The normalized spacial score (nSPS) is 19.6. The maximum atomic E-state index is 12.7. The summed E-state index contributed by atoms with van der Waals surface area (Å²) in [7, 11) is 1.66. The van der Waals surface area contributed by atoms with Gasteiger partial charge in [-0.15, -0.1) is 0 Å². The van der Waals surface area contributed by atoms with Crippen molar-refractivity contribution in [2.24, 2.45) is 11.8 Å². The van der Waals surface area contributed by atoms with Crippen molar-refractivity contribution in [1.29, 1.82) is 0 Å². The molecule has 2 N–H and O–H groups in total. The number of rotatable bonds is 3. The number of H-pyrrole nitrogens is 1. The Kier molecular flexibility index (Phi) is 4.94. The minimum absolute atomic E-state index is 0.0799. The van der Waals surface area contributed by atoms with Gasteiger partial charge >= 0.3 is 6.03 Å². The van der Waals surface area contributed by atoms with Crippen LogP contribution in [0.1, 0.15) is 20.3 Å². The molecule has 0 bridgehead atoms. The highest BCUT2D eigenvalue weighted by Crippen LogP contribution is 2.29. The maximum Gasteiger partial charge on any atom is 0.323 e. The van der Waals surface area contributed by atoms with E-state index in [1.165, 1.54) is 6.42 Å². The molecule has 2 atom stereocenters. The van der Waals surface area contributed by atoms with Crippen LogP contribution in [-0.2, 0) is 0 Å². The number of carbonyl (C=O) groups excluding carboxylic acids is 1. The van der Waals surface area contributed by atoms with Gasteiger partial charge in [0.15, 0.2) is 5.82 Å². The minimum atomic E-state index is -0.0799. The number of fused-ring (bicyclic) bond motifs is 1. The smallest absolute Gasteiger partial charge is 0.323 e. The number of nitrogens with one attached hydrogen (secondary N) is 2. The highest BCUT2D eigenvalue weighted by Gasteiger charge is 2.26. The fourth-order valence-electron chi connectivity index (χ4n) is 4.11. The highest BCUT2D eigenvalue weighted by atomic mass is 16.5. The number of hydrogen-bond donors (Lipinski definition) is 2. The molecule has 0 radical (unpaired) electrons. The lowest BCUT2D eigenvalue weighted by Crippen LogP contribution is -2.44. The fourth-order valence-corrected chi connectivity index (χ4v) is 4.11. The van der Waals surface area contributed by atoms with Crippen molar-refractivity contribution in [2.75, 3.05) is 25.5 Å². The van der Waals surface area contributed by atoms with Gasteiger partial charge in [-0.1, -0.05) is 32.0 Å². The lowest BCUT2D eigenvalue weighted by Gasteiger charge is -2.34. The lowest BCUT2D eigenvalue weighted by atomic mass is 9.92. The van der Waals surface area contributed by atoms with Crippen molar-refractivity contribution in [1.82, 2.24) is 15.1 Å². The second-order valence-electron chi connectivity index (χ2n) is 7.85. The first-order valence-electron chi connectivity index (χ1n) is 9.72. The number of anilines is 1. The zero-order valence-electron chi connectivity index (χ0n) is 16.5. The van der Waals surface area contributed by atoms with Gasteiger partial charge in [0, 0.05) is 18.5 Å². The Labute approximate surface area is 164 Å². The molecule has 28 heavy (non-hydrogen) atoms. The van der Waals surface area contributed by atoms with Crippen LogP contribution in [0.15, 0.2) is 42.5 Å². The molecule has 0 spiro atoms. The Morgan fingerprint density at radius 3 is 2.64 bits per heavy atom. The van der Waals surface area contributed by atoms with Gasteiger partial charge in [0.25, 0.3) is 0 Å². The predicted octanol–water partition coefficient (Wildman–Crippen LogP) is 4.75. The number of methoxy groups -OCH3 is 1. The van der Waals surface area contributed by atoms with E-state index in [1.807, 2.05) is 47.4 Å². The first kappa shape index (κ1) is 18.3. The summed E-state index contributed by atoms with van der Waals surface area (Å²) < 4.78 is 5.31. The Morgan fingerprint density at radius 2 is 1.89 bits per heavy atom. The molecule has 1 aliphatic heterocycles. The summed E-state index contributed by atoms with van der Waals surface area (Å²) in [6.07, 6.45) is 1.17. The van der Waals surface area contributed by atoms with Gasteiger partial charge in [0.05, 0.1) is 12.6 Å². The summed E-state index contributed by atoms with van der Waals surface area (Å²) in [5, 5.41) is 11.2. The number of urea groups is 1. The Hall–Kier alpha value is -3.02. The standard InChI is InChI=1S/C22H26N4O2/c1-14-9-15(2)13-26(12-14)22(27)23-21-19-8-7-17(11-20(19)24-25-21)16-5-4-6-18(10-16)28-3/h4-8,10-11,14-15H,9,12-13H2,1-3H3,(H2,23,24,25,27). The number of aromatic nitrogens is 2. The Morgan fingerprint density at radius 1 is 1.14 bits per heavy atom. The molecule has 6 nitrogen and oxygen atoms in total. The molecular formula is C22H26N4O2. The molecule has 1 saturated heterocycles. The number of benzene rings is 2. The van der Waals surface area contributed by atoms with Crippen molar-refractivity contribution in [3.63, 3.8) is 0 Å². The zero-order valence-corrected chi connectivity index (χ0v) is 16.5. The van der Waals surface area contributed by atoms with Crippen LogP contribution in [-0.4, -0.2) is 41.3 Å². The summed E-state index contributed by atoms with van der Waals surface area (Å²) in [6, 6.07) is 13.9. The summed E-state index contributed by atoms with van der Waals surface area (Å²) in [5.74, 6) is 2.44. The molecule has 2 heterocycles. The third-order valence-electron chi connectivity index (χ3n) is 5.35. The molecule has 0 aliphatic carbocycles. The Bertz CT molecular complexity index is 987. The van der Waals surface area contributed by atoms with E-state index in [0.717, 1.165) is 40.9 Å². The fraction of sp³-hybridized carbons (Fsp3) is 0.364. The number of aromatic amines is 1. The van der Waals surface area contributed by atoms with Gasteiger partial charge in [-0.2, -0.15) is 5.10 Å². The molecule has 2 aromatic carbocycles. The molecule has 1 aliphatic rings. The van der Waals surface area contributed by atoms with Gasteiger partial charge in [0.2, 0.25) is 0 Å². The van der Waals surface area contributed by atoms with Crippen molar-refractivity contribution >= 4 is 22.8 Å². The molecule has 146 valence electrons. The quantitative estimate of drug-likeness (QED) is 0.691. The first-order chi connectivity index (χ1) is 13.5. The molecule has 6 heteroatoms.